The summed E-state index contributed by atoms with van der Waals surface area (Å²) in [6, 6.07) is 3.29. The molecule has 3 nitrogen and oxygen atoms in total. The van der Waals surface area contributed by atoms with Gasteiger partial charge in [0, 0.05) is 0 Å². The summed E-state index contributed by atoms with van der Waals surface area (Å²) in [6.07, 6.45) is 3.18. The minimum Gasteiger partial charge on any atom is -0.397 e. The van der Waals surface area contributed by atoms with E-state index in [0.717, 1.165) is 0 Å². The van der Waals surface area contributed by atoms with Crippen LogP contribution < -0.4 is 5.73 Å². The normalized spacial score (nSPS) is 10.8. The average Bonchev–Trinajstić information content (AvgIpc) is 2.07. The number of aliphatic hydroxyl groups is 1. The molecule has 0 radical (unpaired) electrons. The summed E-state index contributed by atoms with van der Waals surface area (Å²) < 4.78 is 0. The lowest BCUT2D eigenvalue weighted by Crippen LogP contribution is -1.92. The van der Waals surface area contributed by atoms with Crippen molar-refractivity contribution in [1.82, 2.24) is 4.98 Å². The maximum atomic E-state index is 8.50. The molecule has 0 aliphatic carbocycles. The lowest BCUT2D eigenvalue weighted by atomic mass is 10.3. The van der Waals surface area contributed by atoms with E-state index in [-0.39, 0.29) is 6.61 Å². The van der Waals surface area contributed by atoms with Crippen LogP contribution in [0.3, 0.4) is 0 Å². The third-order valence-electron chi connectivity index (χ3n) is 1.30. The summed E-state index contributed by atoms with van der Waals surface area (Å²) in [5, 5.41) is 8.89. The molecule has 0 atom stereocenters. The van der Waals surface area contributed by atoms with Crippen molar-refractivity contribution < 1.29 is 5.11 Å². The Labute approximate surface area is 75.5 Å². The number of hydrogen-bond donors (Lipinski definition) is 2. The second kappa shape index (κ2) is 4.09. The van der Waals surface area contributed by atoms with Gasteiger partial charge in [0.2, 0.25) is 0 Å². The molecular weight excluding hydrogens is 176 g/mol. The van der Waals surface area contributed by atoms with E-state index in [0.29, 0.717) is 16.5 Å². The zero-order chi connectivity index (χ0) is 8.97. The van der Waals surface area contributed by atoms with Gasteiger partial charge in [-0.1, -0.05) is 17.7 Å². The fourth-order valence-corrected chi connectivity index (χ4v) is 0.913. The number of aliphatic hydroxyl groups excluding tert-OH is 1. The van der Waals surface area contributed by atoms with Gasteiger partial charge in [-0.05, 0) is 18.2 Å². The number of nitrogen functional groups attached to an aromatic ring is 1. The third kappa shape index (κ3) is 2.22. The Morgan fingerprint density at radius 1 is 1.58 bits per heavy atom. The highest BCUT2D eigenvalue weighted by atomic mass is 35.5. The summed E-state index contributed by atoms with van der Waals surface area (Å²) in [7, 11) is 0. The molecule has 0 saturated carbocycles. The number of hydrogen-bond acceptors (Lipinski definition) is 3. The first-order valence-corrected chi connectivity index (χ1v) is 3.81. The second-order valence-electron chi connectivity index (χ2n) is 2.19. The van der Waals surface area contributed by atoms with Crippen molar-refractivity contribution in [3.05, 3.63) is 29.1 Å². The largest absolute Gasteiger partial charge is 0.397 e. The van der Waals surface area contributed by atoms with Crippen LogP contribution >= 0.6 is 11.6 Å². The van der Waals surface area contributed by atoms with Crippen LogP contribution in [0.1, 0.15) is 5.69 Å². The molecule has 3 N–H and O–H groups in total. The molecule has 12 heavy (non-hydrogen) atoms. The summed E-state index contributed by atoms with van der Waals surface area (Å²) in [5.74, 6) is 0. The van der Waals surface area contributed by atoms with Crippen molar-refractivity contribution in [3.63, 3.8) is 0 Å². The van der Waals surface area contributed by atoms with Crippen molar-refractivity contribution in [1.29, 1.82) is 0 Å². The Morgan fingerprint density at radius 3 is 3.00 bits per heavy atom. The van der Waals surface area contributed by atoms with E-state index in [9.17, 15) is 0 Å². The Bertz CT molecular complexity index is 299. The van der Waals surface area contributed by atoms with E-state index in [4.69, 9.17) is 22.4 Å². The van der Waals surface area contributed by atoms with Gasteiger partial charge in [-0.2, -0.15) is 0 Å². The fraction of sp³-hybridized carbons (Fsp3) is 0.125. The van der Waals surface area contributed by atoms with Crippen LogP contribution in [0.4, 0.5) is 5.69 Å². The average molecular weight is 185 g/mol. The standard InChI is InChI=1S/C8H9ClN2O/c9-8-4-3-6(10)7(11-8)2-1-5-12/h1-4,12H,5,10H2. The first-order valence-electron chi connectivity index (χ1n) is 3.43. The minimum absolute atomic E-state index is 0.0341. The molecule has 1 rings (SSSR count). The molecule has 0 fully saturated rings. The zero-order valence-electron chi connectivity index (χ0n) is 6.37. The van der Waals surface area contributed by atoms with Gasteiger partial charge >= 0.3 is 0 Å². The number of nitrogens with two attached hydrogens (primary N) is 1. The van der Waals surface area contributed by atoms with Crippen molar-refractivity contribution in [3.8, 4) is 0 Å². The number of halogens is 1. The monoisotopic (exact) mass is 184 g/mol. The van der Waals surface area contributed by atoms with Crippen LogP contribution in [0.15, 0.2) is 18.2 Å². The summed E-state index contributed by atoms with van der Waals surface area (Å²) in [4.78, 5) is 3.95. The van der Waals surface area contributed by atoms with Crippen LogP contribution in [0, 0.1) is 0 Å². The SMILES string of the molecule is Nc1ccc(Cl)nc1C=CCO. The summed E-state index contributed by atoms with van der Waals surface area (Å²) in [5.41, 5.74) is 6.70. The quantitative estimate of drug-likeness (QED) is 0.682. The highest BCUT2D eigenvalue weighted by Crippen LogP contribution is 2.14. The van der Waals surface area contributed by atoms with Crippen LogP contribution in [-0.2, 0) is 0 Å². The first-order chi connectivity index (χ1) is 5.74. The van der Waals surface area contributed by atoms with Gasteiger partial charge in [-0.15, -0.1) is 0 Å². The van der Waals surface area contributed by atoms with Gasteiger partial charge in [-0.25, -0.2) is 4.98 Å². The third-order valence-corrected chi connectivity index (χ3v) is 1.52. The molecule has 0 aliphatic rings. The Balaban J connectivity index is 2.97. The highest BCUT2D eigenvalue weighted by molar-refractivity contribution is 6.29. The minimum atomic E-state index is -0.0341. The number of rotatable bonds is 2. The van der Waals surface area contributed by atoms with Gasteiger partial charge in [0.1, 0.15) is 5.15 Å². The van der Waals surface area contributed by atoms with E-state index in [1.165, 1.54) is 0 Å². The highest BCUT2D eigenvalue weighted by Gasteiger charge is 1.96. The molecule has 0 amide bonds. The molecule has 4 heteroatoms. The van der Waals surface area contributed by atoms with Gasteiger partial charge in [0.25, 0.3) is 0 Å². The molecule has 0 unspecified atom stereocenters. The molecular formula is C8H9ClN2O. The van der Waals surface area contributed by atoms with Gasteiger partial charge in [0.05, 0.1) is 18.0 Å². The van der Waals surface area contributed by atoms with Crippen LogP contribution in [-0.4, -0.2) is 16.7 Å². The van der Waals surface area contributed by atoms with Crippen molar-refractivity contribution >= 4 is 23.4 Å². The molecule has 1 aromatic rings. The van der Waals surface area contributed by atoms with E-state index < -0.39 is 0 Å². The summed E-state index contributed by atoms with van der Waals surface area (Å²) in [6.45, 7) is -0.0341. The first kappa shape index (κ1) is 9.03. The predicted octanol–water partition coefficient (Wildman–Crippen LogP) is 1.32. The molecule has 0 saturated heterocycles. The predicted molar refractivity (Wildman–Crippen MR) is 49.8 cm³/mol. The molecule has 0 spiro atoms. The molecule has 0 bridgehead atoms. The molecule has 1 heterocycles. The molecule has 0 aliphatic heterocycles. The maximum absolute atomic E-state index is 8.50. The number of anilines is 1. The van der Waals surface area contributed by atoms with Gasteiger partial charge in [0.15, 0.2) is 0 Å². The van der Waals surface area contributed by atoms with E-state index >= 15 is 0 Å². The number of nitrogens with zero attached hydrogens (tertiary/aromatic N) is 1. The Morgan fingerprint density at radius 2 is 2.33 bits per heavy atom. The van der Waals surface area contributed by atoms with E-state index in [2.05, 4.69) is 4.98 Å². The van der Waals surface area contributed by atoms with E-state index in [1.54, 1.807) is 24.3 Å². The Hall–Kier alpha value is -1.06. The van der Waals surface area contributed by atoms with Crippen LogP contribution in [0.5, 0.6) is 0 Å². The number of pyridine rings is 1. The lowest BCUT2D eigenvalue weighted by molar-refractivity contribution is 0.343. The van der Waals surface area contributed by atoms with Gasteiger partial charge < -0.3 is 10.8 Å². The summed E-state index contributed by atoms with van der Waals surface area (Å²) >= 11 is 5.63. The van der Waals surface area contributed by atoms with Crippen molar-refractivity contribution in [2.75, 3.05) is 12.3 Å². The fourth-order valence-electron chi connectivity index (χ4n) is 0.759. The van der Waals surface area contributed by atoms with E-state index in [1.807, 2.05) is 0 Å². The zero-order valence-corrected chi connectivity index (χ0v) is 7.12. The van der Waals surface area contributed by atoms with Gasteiger partial charge in [-0.3, -0.25) is 0 Å². The Kier molecular flexibility index (Phi) is 3.08. The van der Waals surface area contributed by atoms with Crippen molar-refractivity contribution in [2.24, 2.45) is 0 Å². The number of aromatic nitrogens is 1. The maximum Gasteiger partial charge on any atom is 0.129 e. The van der Waals surface area contributed by atoms with Crippen LogP contribution in [0.25, 0.3) is 6.08 Å². The second-order valence-corrected chi connectivity index (χ2v) is 2.58. The molecule has 1 aromatic heterocycles. The van der Waals surface area contributed by atoms with Crippen molar-refractivity contribution in [2.45, 2.75) is 0 Å². The molecule has 64 valence electrons. The smallest absolute Gasteiger partial charge is 0.129 e. The topological polar surface area (TPSA) is 59.1 Å². The van der Waals surface area contributed by atoms with Crippen LogP contribution in [0.2, 0.25) is 5.15 Å². The molecule has 0 aromatic carbocycles. The lowest BCUT2D eigenvalue weighted by Gasteiger charge is -1.98.